The standard InChI is InChI=1S/C13H12N2O2S/c16-9-10-4-1-2-6-12(10)13(17)15-14-8-11-5-3-7-18-11/h1-8,16H,9H2,(H,15,17)/b14-8-. The zero-order valence-electron chi connectivity index (χ0n) is 9.54. The first-order chi connectivity index (χ1) is 8.81. The number of carbonyl (C=O) groups is 1. The van der Waals surface area contributed by atoms with Crippen LogP contribution in [-0.4, -0.2) is 17.2 Å². The Bertz CT molecular complexity index is 550. The number of rotatable bonds is 4. The van der Waals surface area contributed by atoms with Crippen molar-refractivity contribution in [2.24, 2.45) is 5.10 Å². The van der Waals surface area contributed by atoms with Gasteiger partial charge in [0.25, 0.3) is 5.91 Å². The van der Waals surface area contributed by atoms with Gasteiger partial charge in [0.15, 0.2) is 0 Å². The van der Waals surface area contributed by atoms with Crippen molar-refractivity contribution in [1.82, 2.24) is 5.43 Å². The van der Waals surface area contributed by atoms with Gasteiger partial charge in [0, 0.05) is 10.4 Å². The smallest absolute Gasteiger partial charge is 0.271 e. The summed E-state index contributed by atoms with van der Waals surface area (Å²) in [4.78, 5) is 12.8. The minimum absolute atomic E-state index is 0.168. The molecule has 1 amide bonds. The fourth-order valence-corrected chi connectivity index (χ4v) is 2.04. The van der Waals surface area contributed by atoms with Crippen LogP contribution in [0, 0.1) is 0 Å². The Hall–Kier alpha value is -1.98. The van der Waals surface area contributed by atoms with E-state index in [1.165, 1.54) is 11.3 Å². The summed E-state index contributed by atoms with van der Waals surface area (Å²) in [5, 5.41) is 14.9. The minimum atomic E-state index is -0.326. The van der Waals surface area contributed by atoms with Gasteiger partial charge < -0.3 is 5.11 Å². The van der Waals surface area contributed by atoms with Crippen molar-refractivity contribution in [1.29, 1.82) is 0 Å². The highest BCUT2D eigenvalue weighted by molar-refractivity contribution is 7.11. The van der Waals surface area contributed by atoms with Gasteiger partial charge >= 0.3 is 0 Å². The first kappa shape index (κ1) is 12.5. The van der Waals surface area contributed by atoms with Gasteiger partial charge in [-0.05, 0) is 23.1 Å². The molecule has 0 saturated heterocycles. The molecular formula is C13H12N2O2S. The minimum Gasteiger partial charge on any atom is -0.392 e. The van der Waals surface area contributed by atoms with Crippen molar-refractivity contribution in [3.8, 4) is 0 Å². The van der Waals surface area contributed by atoms with Crippen LogP contribution < -0.4 is 5.43 Å². The second-order valence-electron chi connectivity index (χ2n) is 3.53. The van der Waals surface area contributed by atoms with Crippen molar-refractivity contribution in [2.45, 2.75) is 6.61 Å². The van der Waals surface area contributed by atoms with Crippen LogP contribution in [0.15, 0.2) is 46.9 Å². The number of nitrogens with one attached hydrogen (secondary N) is 1. The molecule has 0 atom stereocenters. The van der Waals surface area contributed by atoms with E-state index in [0.29, 0.717) is 11.1 Å². The van der Waals surface area contributed by atoms with Crippen molar-refractivity contribution in [3.63, 3.8) is 0 Å². The molecule has 18 heavy (non-hydrogen) atoms. The maximum Gasteiger partial charge on any atom is 0.271 e. The monoisotopic (exact) mass is 260 g/mol. The molecule has 92 valence electrons. The summed E-state index contributed by atoms with van der Waals surface area (Å²) >= 11 is 1.54. The van der Waals surface area contributed by atoms with Crippen LogP contribution in [0.5, 0.6) is 0 Å². The van der Waals surface area contributed by atoms with Gasteiger partial charge in [-0.2, -0.15) is 5.10 Å². The summed E-state index contributed by atoms with van der Waals surface area (Å²) in [6.45, 7) is -0.168. The number of thiophene rings is 1. The summed E-state index contributed by atoms with van der Waals surface area (Å²) in [5.41, 5.74) is 3.46. The topological polar surface area (TPSA) is 61.7 Å². The molecule has 2 aromatic rings. The van der Waals surface area contributed by atoms with E-state index in [1.807, 2.05) is 17.5 Å². The van der Waals surface area contributed by atoms with Crippen LogP contribution in [-0.2, 0) is 6.61 Å². The first-order valence-corrected chi connectivity index (χ1v) is 6.25. The Balaban J connectivity index is 2.04. The lowest BCUT2D eigenvalue weighted by Gasteiger charge is -2.04. The molecule has 2 rings (SSSR count). The fraction of sp³-hybridized carbons (Fsp3) is 0.0769. The SMILES string of the molecule is O=C(N/N=C\c1cccs1)c1ccccc1CO. The summed E-state index contributed by atoms with van der Waals surface area (Å²) < 4.78 is 0. The van der Waals surface area contributed by atoms with E-state index < -0.39 is 0 Å². The normalized spacial score (nSPS) is 10.7. The third-order valence-electron chi connectivity index (χ3n) is 2.33. The number of aliphatic hydroxyl groups is 1. The molecule has 1 aromatic heterocycles. The molecule has 1 aromatic carbocycles. The predicted octanol–water partition coefficient (Wildman–Crippen LogP) is 2.00. The number of carbonyl (C=O) groups excluding carboxylic acids is 1. The predicted molar refractivity (Wildman–Crippen MR) is 71.7 cm³/mol. The van der Waals surface area contributed by atoms with Gasteiger partial charge in [-0.25, -0.2) is 5.43 Å². The van der Waals surface area contributed by atoms with Gasteiger partial charge in [-0.15, -0.1) is 11.3 Å². The van der Waals surface area contributed by atoms with Crippen LogP contribution in [0.25, 0.3) is 0 Å². The summed E-state index contributed by atoms with van der Waals surface area (Å²) in [6.07, 6.45) is 1.59. The van der Waals surface area contributed by atoms with Crippen LogP contribution in [0.4, 0.5) is 0 Å². The first-order valence-electron chi connectivity index (χ1n) is 5.37. The van der Waals surface area contributed by atoms with E-state index in [9.17, 15) is 4.79 Å². The summed E-state index contributed by atoms with van der Waals surface area (Å²) in [5.74, 6) is -0.326. The molecule has 0 bridgehead atoms. The molecule has 0 aliphatic rings. The summed E-state index contributed by atoms with van der Waals surface area (Å²) in [7, 11) is 0. The van der Waals surface area contributed by atoms with Gasteiger partial charge in [0.2, 0.25) is 0 Å². The van der Waals surface area contributed by atoms with E-state index in [2.05, 4.69) is 10.5 Å². The van der Waals surface area contributed by atoms with Gasteiger partial charge in [-0.1, -0.05) is 24.3 Å². The Morgan fingerprint density at radius 2 is 2.17 bits per heavy atom. The van der Waals surface area contributed by atoms with Crippen molar-refractivity contribution >= 4 is 23.5 Å². The second-order valence-corrected chi connectivity index (χ2v) is 4.51. The second kappa shape index (κ2) is 6.09. The van der Waals surface area contributed by atoms with Crippen LogP contribution >= 0.6 is 11.3 Å². The molecule has 0 aliphatic heterocycles. The van der Waals surface area contributed by atoms with E-state index in [0.717, 1.165) is 4.88 Å². The van der Waals surface area contributed by atoms with E-state index >= 15 is 0 Å². The molecule has 0 unspecified atom stereocenters. The fourth-order valence-electron chi connectivity index (χ4n) is 1.46. The van der Waals surface area contributed by atoms with Crippen LogP contribution in [0.1, 0.15) is 20.8 Å². The maximum absolute atomic E-state index is 11.8. The molecule has 1 heterocycles. The molecule has 5 heteroatoms. The van der Waals surface area contributed by atoms with Gasteiger partial charge in [-0.3, -0.25) is 4.79 Å². The average molecular weight is 260 g/mol. The van der Waals surface area contributed by atoms with Crippen molar-refractivity contribution in [2.75, 3.05) is 0 Å². The summed E-state index contributed by atoms with van der Waals surface area (Å²) in [6, 6.07) is 10.7. The molecule has 0 spiro atoms. The molecule has 0 radical (unpaired) electrons. The number of hydrazone groups is 1. The number of hydrogen-bond donors (Lipinski definition) is 2. The Kier molecular flexibility index (Phi) is 4.22. The highest BCUT2D eigenvalue weighted by Crippen LogP contribution is 2.08. The largest absolute Gasteiger partial charge is 0.392 e. The third kappa shape index (κ3) is 3.03. The quantitative estimate of drug-likeness (QED) is 0.652. The lowest BCUT2D eigenvalue weighted by molar-refractivity contribution is 0.0952. The average Bonchev–Trinajstić information content (AvgIpc) is 2.91. The molecule has 4 nitrogen and oxygen atoms in total. The Morgan fingerprint density at radius 1 is 1.33 bits per heavy atom. The van der Waals surface area contributed by atoms with Crippen LogP contribution in [0.2, 0.25) is 0 Å². The third-order valence-corrected chi connectivity index (χ3v) is 3.14. The Labute approximate surface area is 109 Å². The zero-order valence-corrected chi connectivity index (χ0v) is 10.4. The zero-order chi connectivity index (χ0) is 12.8. The number of amides is 1. The van der Waals surface area contributed by atoms with Crippen molar-refractivity contribution < 1.29 is 9.90 Å². The molecule has 0 saturated carbocycles. The van der Waals surface area contributed by atoms with E-state index in [1.54, 1.807) is 30.5 Å². The van der Waals surface area contributed by atoms with Crippen LogP contribution in [0.3, 0.4) is 0 Å². The number of nitrogens with zero attached hydrogens (tertiary/aromatic N) is 1. The van der Waals surface area contributed by atoms with Gasteiger partial charge in [0.1, 0.15) is 0 Å². The lowest BCUT2D eigenvalue weighted by Crippen LogP contribution is -2.19. The molecule has 0 aliphatic carbocycles. The van der Waals surface area contributed by atoms with E-state index in [-0.39, 0.29) is 12.5 Å². The Morgan fingerprint density at radius 3 is 2.89 bits per heavy atom. The number of hydrogen-bond acceptors (Lipinski definition) is 4. The lowest BCUT2D eigenvalue weighted by atomic mass is 10.1. The highest BCUT2D eigenvalue weighted by atomic mass is 32.1. The van der Waals surface area contributed by atoms with Crippen molar-refractivity contribution in [3.05, 3.63) is 57.8 Å². The maximum atomic E-state index is 11.8. The van der Waals surface area contributed by atoms with Gasteiger partial charge in [0.05, 0.1) is 12.8 Å². The molecule has 0 fully saturated rings. The molecule has 2 N–H and O–H groups in total. The number of aliphatic hydroxyl groups excluding tert-OH is 1. The number of benzene rings is 1. The van der Waals surface area contributed by atoms with E-state index in [4.69, 9.17) is 5.11 Å². The highest BCUT2D eigenvalue weighted by Gasteiger charge is 2.08. The molecular weight excluding hydrogens is 248 g/mol.